The third-order valence-electron chi connectivity index (χ3n) is 3.09. The van der Waals surface area contributed by atoms with Gasteiger partial charge in [-0.15, -0.1) is 22.0 Å². The van der Waals surface area contributed by atoms with Crippen LogP contribution >= 0.6 is 11.8 Å². The van der Waals surface area contributed by atoms with E-state index in [0.717, 1.165) is 46.4 Å². The molecular weight excluding hydrogens is 262 g/mol. The molecule has 4 rings (SSSR count). The van der Waals surface area contributed by atoms with Crippen LogP contribution in [0.1, 0.15) is 5.56 Å². The van der Waals surface area contributed by atoms with Gasteiger partial charge < -0.3 is 9.47 Å². The zero-order valence-corrected chi connectivity index (χ0v) is 10.9. The number of fused-ring (bicyclic) bond motifs is 2. The lowest BCUT2D eigenvalue weighted by atomic mass is 10.2. The van der Waals surface area contributed by atoms with Crippen LogP contribution < -0.4 is 9.47 Å². The number of thioether (sulfide) groups is 1. The lowest BCUT2D eigenvalue weighted by Crippen LogP contribution is -2.08. The number of nitrogens with zero attached hydrogens (tertiary/aromatic N) is 3. The van der Waals surface area contributed by atoms with Crippen LogP contribution in [0.25, 0.3) is 11.4 Å². The first-order chi connectivity index (χ1) is 9.42. The Morgan fingerprint density at radius 2 is 2.21 bits per heavy atom. The fourth-order valence-electron chi connectivity index (χ4n) is 2.20. The highest BCUT2D eigenvalue weighted by molar-refractivity contribution is 7.99. The van der Waals surface area contributed by atoms with Gasteiger partial charge in [-0.25, -0.2) is 4.98 Å². The molecule has 0 aromatic carbocycles. The van der Waals surface area contributed by atoms with Crippen LogP contribution in [0.2, 0.25) is 0 Å². The molecule has 5 nitrogen and oxygen atoms in total. The third kappa shape index (κ3) is 1.83. The molecule has 2 aromatic heterocycles. The van der Waals surface area contributed by atoms with Crippen molar-refractivity contribution in [3.05, 3.63) is 23.9 Å². The van der Waals surface area contributed by atoms with Gasteiger partial charge >= 0.3 is 0 Å². The van der Waals surface area contributed by atoms with Gasteiger partial charge in [0.05, 0.1) is 24.3 Å². The van der Waals surface area contributed by atoms with Crippen molar-refractivity contribution in [3.8, 4) is 23.0 Å². The first-order valence-electron chi connectivity index (χ1n) is 6.08. The summed E-state index contributed by atoms with van der Waals surface area (Å²) in [4.78, 5) is 5.34. The van der Waals surface area contributed by atoms with Gasteiger partial charge in [-0.2, -0.15) is 0 Å². The van der Waals surface area contributed by atoms with Crippen LogP contribution in [-0.2, 0) is 6.42 Å². The second kappa shape index (κ2) is 4.38. The number of pyridine rings is 1. The fraction of sp³-hybridized carbons (Fsp3) is 0.308. The fourth-order valence-corrected chi connectivity index (χ4v) is 3.12. The number of hydrogen-bond acceptors (Lipinski definition) is 6. The van der Waals surface area contributed by atoms with Gasteiger partial charge in [-0.05, 0) is 6.07 Å². The Morgan fingerprint density at radius 1 is 1.21 bits per heavy atom. The van der Waals surface area contributed by atoms with Crippen LogP contribution in [0.15, 0.2) is 17.0 Å². The lowest BCUT2D eigenvalue weighted by Gasteiger charge is -2.18. The number of rotatable bonds is 1. The zero-order chi connectivity index (χ0) is 12.7. The van der Waals surface area contributed by atoms with Crippen molar-refractivity contribution in [1.29, 1.82) is 0 Å². The van der Waals surface area contributed by atoms with Crippen molar-refractivity contribution in [2.75, 3.05) is 19.0 Å². The summed E-state index contributed by atoms with van der Waals surface area (Å²) < 4.78 is 11.0. The molecule has 0 unspecified atom stereocenters. The first kappa shape index (κ1) is 11.0. The summed E-state index contributed by atoms with van der Waals surface area (Å²) in [6, 6.07) is 3.77. The Kier molecular flexibility index (Phi) is 2.55. The predicted molar refractivity (Wildman–Crippen MR) is 69.5 cm³/mol. The van der Waals surface area contributed by atoms with Crippen molar-refractivity contribution < 1.29 is 9.47 Å². The summed E-state index contributed by atoms with van der Waals surface area (Å²) in [5.74, 6) is 2.40. The molecule has 2 aliphatic heterocycles. The van der Waals surface area contributed by atoms with E-state index in [1.165, 1.54) is 0 Å². The molecule has 19 heavy (non-hydrogen) atoms. The Morgan fingerprint density at radius 3 is 3.21 bits per heavy atom. The summed E-state index contributed by atoms with van der Waals surface area (Å²) in [5, 5.41) is 8.31. The van der Waals surface area contributed by atoms with E-state index in [-0.39, 0.29) is 0 Å². The molecule has 6 heteroatoms. The van der Waals surface area contributed by atoms with Crippen molar-refractivity contribution in [2.24, 2.45) is 0 Å². The lowest BCUT2D eigenvalue weighted by molar-refractivity contribution is 0.329. The minimum atomic E-state index is 0.640. The van der Waals surface area contributed by atoms with E-state index in [1.54, 1.807) is 17.8 Å². The van der Waals surface area contributed by atoms with E-state index in [0.29, 0.717) is 12.5 Å². The molecule has 0 aliphatic carbocycles. The number of hydrogen-bond donors (Lipinski definition) is 0. The van der Waals surface area contributed by atoms with Crippen LogP contribution in [0.5, 0.6) is 11.6 Å². The van der Waals surface area contributed by atoms with Gasteiger partial charge in [0.1, 0.15) is 17.1 Å². The minimum absolute atomic E-state index is 0.640. The minimum Gasteiger partial charge on any atom is -0.491 e. The SMILES string of the molecule is [c]1cc2c(c(-c3cc4c(nn3)OCC4)n1)SCCO2. The summed E-state index contributed by atoms with van der Waals surface area (Å²) >= 11 is 1.74. The largest absolute Gasteiger partial charge is 0.491 e. The molecule has 2 aromatic rings. The van der Waals surface area contributed by atoms with Crippen molar-refractivity contribution in [1.82, 2.24) is 15.2 Å². The smallest absolute Gasteiger partial charge is 0.236 e. The molecule has 0 saturated heterocycles. The molecule has 4 heterocycles. The second-order valence-corrected chi connectivity index (χ2v) is 5.39. The molecule has 0 spiro atoms. The van der Waals surface area contributed by atoms with Crippen LogP contribution in [0.4, 0.5) is 0 Å². The van der Waals surface area contributed by atoms with E-state index in [4.69, 9.17) is 9.47 Å². The summed E-state index contributed by atoms with van der Waals surface area (Å²) in [7, 11) is 0. The molecule has 0 N–H and O–H groups in total. The van der Waals surface area contributed by atoms with Crippen molar-refractivity contribution >= 4 is 11.8 Å². The maximum atomic E-state index is 5.61. The van der Waals surface area contributed by atoms with E-state index < -0.39 is 0 Å². The predicted octanol–water partition coefficient (Wildman–Crippen LogP) is 1.76. The summed E-state index contributed by atoms with van der Waals surface area (Å²) in [6.45, 7) is 1.40. The maximum absolute atomic E-state index is 5.61. The van der Waals surface area contributed by atoms with E-state index in [9.17, 15) is 0 Å². The maximum Gasteiger partial charge on any atom is 0.236 e. The summed E-state index contributed by atoms with van der Waals surface area (Å²) in [5.41, 5.74) is 2.64. The molecule has 0 atom stereocenters. The average molecular weight is 272 g/mol. The normalized spacial score (nSPS) is 16.2. The Bertz CT molecular complexity index is 648. The molecule has 0 amide bonds. The highest BCUT2D eigenvalue weighted by Crippen LogP contribution is 2.39. The monoisotopic (exact) mass is 272 g/mol. The Balaban J connectivity index is 1.84. The number of ether oxygens (including phenoxy) is 2. The quantitative estimate of drug-likeness (QED) is 0.788. The third-order valence-corrected chi connectivity index (χ3v) is 4.14. The van der Waals surface area contributed by atoms with Gasteiger partial charge in [-0.3, -0.25) is 0 Å². The summed E-state index contributed by atoms with van der Waals surface area (Å²) in [6.07, 6.45) is 3.74. The molecule has 0 bridgehead atoms. The average Bonchev–Trinajstić information content (AvgIpc) is 2.94. The van der Waals surface area contributed by atoms with Crippen molar-refractivity contribution in [3.63, 3.8) is 0 Å². The molecule has 0 saturated carbocycles. The topological polar surface area (TPSA) is 57.1 Å². The van der Waals surface area contributed by atoms with Crippen LogP contribution in [-0.4, -0.2) is 34.1 Å². The van der Waals surface area contributed by atoms with Gasteiger partial charge in [0.2, 0.25) is 5.88 Å². The van der Waals surface area contributed by atoms with Gasteiger partial charge in [0.15, 0.2) is 0 Å². The Labute approximate surface area is 114 Å². The van der Waals surface area contributed by atoms with Gasteiger partial charge in [0.25, 0.3) is 0 Å². The first-order valence-corrected chi connectivity index (χ1v) is 7.07. The van der Waals surface area contributed by atoms with Crippen molar-refractivity contribution in [2.45, 2.75) is 11.3 Å². The van der Waals surface area contributed by atoms with E-state index in [1.807, 2.05) is 6.07 Å². The second-order valence-electron chi connectivity index (χ2n) is 4.28. The molecule has 2 aliphatic rings. The molecular formula is C13H10N3O2S. The molecule has 0 fully saturated rings. The number of aromatic nitrogens is 3. The highest BCUT2D eigenvalue weighted by atomic mass is 32.2. The van der Waals surface area contributed by atoms with Crippen LogP contribution in [0, 0.1) is 6.20 Å². The van der Waals surface area contributed by atoms with E-state index >= 15 is 0 Å². The van der Waals surface area contributed by atoms with Crippen LogP contribution in [0.3, 0.4) is 0 Å². The highest BCUT2D eigenvalue weighted by Gasteiger charge is 2.21. The molecule has 1 radical (unpaired) electrons. The van der Waals surface area contributed by atoms with Gasteiger partial charge in [-0.1, -0.05) is 0 Å². The Hall–Kier alpha value is -1.82. The van der Waals surface area contributed by atoms with Gasteiger partial charge in [0, 0.05) is 23.8 Å². The molecule has 95 valence electrons. The standard InChI is InChI=1S/C13H10N3O2S/c1-3-14-11(12-10(1)17-5-6-19-12)9-7-8-2-4-18-13(8)16-15-9/h1,7H,2,4-6H2. The zero-order valence-electron chi connectivity index (χ0n) is 10.0. The van der Waals surface area contributed by atoms with E-state index in [2.05, 4.69) is 21.4 Å².